The minimum absolute atomic E-state index is 0.0881. The minimum atomic E-state index is -0.447. The number of carbonyl (C=O) groups excluding carboxylic acids is 1. The van der Waals surface area contributed by atoms with Crippen LogP contribution < -0.4 is 0 Å². The summed E-state index contributed by atoms with van der Waals surface area (Å²) in [5.74, 6) is 0.130. The molecule has 1 aromatic carbocycles. The maximum Gasteiger partial charge on any atom is 0.298 e. The predicted molar refractivity (Wildman–Crippen MR) is 69.3 cm³/mol. The highest BCUT2D eigenvalue weighted by Gasteiger charge is 2.37. The SMILES string of the molecule is CCC(c1ccccc1)C(C)(C)C(=O)O[SiH3]. The van der Waals surface area contributed by atoms with Crippen molar-refractivity contribution in [1.29, 1.82) is 0 Å². The van der Waals surface area contributed by atoms with Crippen LogP contribution in [-0.2, 0) is 9.22 Å². The number of carbonyl (C=O) groups is 1. The van der Waals surface area contributed by atoms with Crippen molar-refractivity contribution in [2.45, 2.75) is 33.1 Å². The van der Waals surface area contributed by atoms with E-state index in [1.165, 1.54) is 5.56 Å². The molecule has 0 aliphatic carbocycles. The second-order valence-electron chi connectivity index (χ2n) is 4.58. The second-order valence-corrected chi connectivity index (χ2v) is 4.99. The Bertz CT molecular complexity index is 346. The van der Waals surface area contributed by atoms with Crippen LogP contribution in [0.4, 0.5) is 0 Å². The zero-order valence-corrected chi connectivity index (χ0v) is 12.5. The highest BCUT2D eigenvalue weighted by atomic mass is 28.2. The third kappa shape index (κ3) is 2.53. The van der Waals surface area contributed by atoms with E-state index in [9.17, 15) is 4.79 Å². The number of hydrogen-bond donors (Lipinski definition) is 0. The van der Waals surface area contributed by atoms with Gasteiger partial charge in [-0.3, -0.25) is 4.79 Å². The molecule has 0 spiro atoms. The van der Waals surface area contributed by atoms with Crippen molar-refractivity contribution in [2.24, 2.45) is 5.41 Å². The first-order valence-corrected chi connectivity index (χ1v) is 6.49. The molecule has 0 saturated heterocycles. The molecule has 88 valence electrons. The van der Waals surface area contributed by atoms with Gasteiger partial charge in [0.15, 0.2) is 0 Å². The molecule has 2 nitrogen and oxygen atoms in total. The molecule has 1 unspecified atom stereocenters. The fourth-order valence-electron chi connectivity index (χ4n) is 2.25. The molecule has 0 fully saturated rings. The van der Waals surface area contributed by atoms with Gasteiger partial charge in [-0.15, -0.1) is 0 Å². The molecule has 1 aromatic rings. The number of hydrogen-bond acceptors (Lipinski definition) is 2. The van der Waals surface area contributed by atoms with E-state index in [4.69, 9.17) is 4.43 Å². The van der Waals surface area contributed by atoms with Crippen LogP contribution in [0.5, 0.6) is 0 Å². The largest absolute Gasteiger partial charge is 0.528 e. The average molecular weight is 236 g/mol. The van der Waals surface area contributed by atoms with Gasteiger partial charge in [0.1, 0.15) is 0 Å². The standard InChI is InChI=1S/C13H20O2Si/c1-4-11(10-8-6-5-7-9-10)13(2,3)12(14)15-16/h5-9,11H,4H2,1-3,16H3. The minimum Gasteiger partial charge on any atom is -0.528 e. The van der Waals surface area contributed by atoms with E-state index in [1.807, 2.05) is 32.0 Å². The van der Waals surface area contributed by atoms with Crippen LogP contribution in [0.3, 0.4) is 0 Å². The fourth-order valence-corrected chi connectivity index (χ4v) is 2.78. The van der Waals surface area contributed by atoms with Crippen LogP contribution in [0.15, 0.2) is 30.3 Å². The van der Waals surface area contributed by atoms with Gasteiger partial charge in [0.25, 0.3) is 5.97 Å². The Hall–Kier alpha value is -1.09. The van der Waals surface area contributed by atoms with Gasteiger partial charge in [-0.1, -0.05) is 37.3 Å². The lowest BCUT2D eigenvalue weighted by molar-refractivity contribution is -0.145. The summed E-state index contributed by atoms with van der Waals surface area (Å²) in [5, 5.41) is 0. The Morgan fingerprint density at radius 1 is 1.38 bits per heavy atom. The summed E-state index contributed by atoms with van der Waals surface area (Å²) in [7, 11) is 0.465. The fraction of sp³-hybridized carbons (Fsp3) is 0.462. The van der Waals surface area contributed by atoms with Gasteiger partial charge >= 0.3 is 0 Å². The summed E-state index contributed by atoms with van der Waals surface area (Å²) in [6, 6.07) is 10.2. The van der Waals surface area contributed by atoms with Gasteiger partial charge in [0.2, 0.25) is 10.5 Å². The Kier molecular flexibility index (Phi) is 4.30. The van der Waals surface area contributed by atoms with Crippen molar-refractivity contribution in [3.8, 4) is 0 Å². The molecule has 0 bridgehead atoms. The predicted octanol–water partition coefficient (Wildman–Crippen LogP) is 2.03. The summed E-state index contributed by atoms with van der Waals surface area (Å²) in [6.07, 6.45) is 0.938. The normalized spacial score (nSPS) is 13.4. The smallest absolute Gasteiger partial charge is 0.298 e. The topological polar surface area (TPSA) is 26.3 Å². The van der Waals surface area contributed by atoms with Gasteiger partial charge in [-0.2, -0.15) is 0 Å². The summed E-state index contributed by atoms with van der Waals surface area (Å²) < 4.78 is 5.02. The maximum absolute atomic E-state index is 11.8. The molecule has 0 heterocycles. The zero-order chi connectivity index (χ0) is 12.2. The van der Waals surface area contributed by atoms with Crippen molar-refractivity contribution in [3.63, 3.8) is 0 Å². The van der Waals surface area contributed by atoms with E-state index in [2.05, 4.69) is 19.1 Å². The molecule has 16 heavy (non-hydrogen) atoms. The number of benzene rings is 1. The van der Waals surface area contributed by atoms with Gasteiger partial charge < -0.3 is 4.43 Å². The third-order valence-electron chi connectivity index (χ3n) is 3.19. The van der Waals surface area contributed by atoms with Crippen LogP contribution in [0.2, 0.25) is 0 Å². The van der Waals surface area contributed by atoms with Gasteiger partial charge in [-0.05, 0) is 31.7 Å². The van der Waals surface area contributed by atoms with Crippen molar-refractivity contribution >= 4 is 16.5 Å². The van der Waals surface area contributed by atoms with Crippen LogP contribution in [0.1, 0.15) is 38.7 Å². The molecule has 0 radical (unpaired) electrons. The molecule has 1 atom stereocenters. The molecule has 1 rings (SSSR count). The Labute approximate surface area is 101 Å². The Morgan fingerprint density at radius 2 is 1.94 bits per heavy atom. The van der Waals surface area contributed by atoms with Gasteiger partial charge in [-0.25, -0.2) is 0 Å². The van der Waals surface area contributed by atoms with Crippen molar-refractivity contribution in [1.82, 2.24) is 0 Å². The van der Waals surface area contributed by atoms with Gasteiger partial charge in [0, 0.05) is 0 Å². The van der Waals surface area contributed by atoms with Crippen LogP contribution in [0.25, 0.3) is 0 Å². The highest BCUT2D eigenvalue weighted by Crippen LogP contribution is 2.38. The van der Waals surface area contributed by atoms with E-state index >= 15 is 0 Å². The van der Waals surface area contributed by atoms with E-state index < -0.39 is 5.41 Å². The Balaban J connectivity index is 3.03. The molecule has 0 aliphatic heterocycles. The maximum atomic E-state index is 11.8. The lowest BCUT2D eigenvalue weighted by Crippen LogP contribution is -2.32. The molecule has 0 amide bonds. The molecular formula is C13H20O2Si. The second kappa shape index (κ2) is 5.30. The zero-order valence-electron chi connectivity index (χ0n) is 10.5. The van der Waals surface area contributed by atoms with Crippen LogP contribution in [-0.4, -0.2) is 16.5 Å². The highest BCUT2D eigenvalue weighted by molar-refractivity contribution is 6.06. The first-order valence-electron chi connectivity index (χ1n) is 5.67. The average Bonchev–Trinajstić information content (AvgIpc) is 2.30. The van der Waals surface area contributed by atoms with E-state index in [0.717, 1.165) is 6.42 Å². The summed E-state index contributed by atoms with van der Waals surface area (Å²) in [5.41, 5.74) is 0.764. The lowest BCUT2D eigenvalue weighted by Gasteiger charge is -2.31. The molecule has 0 saturated carbocycles. The molecule has 0 aliphatic rings. The molecule has 0 N–H and O–H groups in total. The summed E-state index contributed by atoms with van der Waals surface area (Å²) in [4.78, 5) is 11.8. The first-order chi connectivity index (χ1) is 7.54. The summed E-state index contributed by atoms with van der Waals surface area (Å²) in [6.45, 7) is 6.04. The Morgan fingerprint density at radius 3 is 2.38 bits per heavy atom. The van der Waals surface area contributed by atoms with Crippen LogP contribution in [0, 0.1) is 5.41 Å². The van der Waals surface area contributed by atoms with E-state index in [0.29, 0.717) is 10.5 Å². The first kappa shape index (κ1) is 13.0. The summed E-state index contributed by atoms with van der Waals surface area (Å²) >= 11 is 0. The third-order valence-corrected chi connectivity index (χ3v) is 3.56. The van der Waals surface area contributed by atoms with E-state index in [-0.39, 0.29) is 11.9 Å². The monoisotopic (exact) mass is 236 g/mol. The quantitative estimate of drug-likeness (QED) is 0.748. The van der Waals surface area contributed by atoms with Crippen molar-refractivity contribution in [3.05, 3.63) is 35.9 Å². The molecule has 3 heteroatoms. The number of rotatable bonds is 4. The van der Waals surface area contributed by atoms with Gasteiger partial charge in [0.05, 0.1) is 5.41 Å². The molecular weight excluding hydrogens is 216 g/mol. The molecule has 0 aromatic heterocycles. The van der Waals surface area contributed by atoms with Crippen molar-refractivity contribution in [2.75, 3.05) is 0 Å². The van der Waals surface area contributed by atoms with Crippen LogP contribution >= 0.6 is 0 Å². The lowest BCUT2D eigenvalue weighted by atomic mass is 9.73. The van der Waals surface area contributed by atoms with E-state index in [1.54, 1.807) is 0 Å². The van der Waals surface area contributed by atoms with Crippen molar-refractivity contribution < 1.29 is 9.22 Å².